The Morgan fingerprint density at radius 3 is 2.18 bits per heavy atom. The number of hydrogen-bond donors (Lipinski definition) is 0. The van der Waals surface area contributed by atoms with Crippen LogP contribution >= 0.6 is 0 Å². The average molecular weight is 231 g/mol. The fourth-order valence-electron chi connectivity index (χ4n) is 1.91. The number of methoxy groups -OCH3 is 3. The van der Waals surface area contributed by atoms with Crippen LogP contribution in [0.5, 0.6) is 17.2 Å². The minimum absolute atomic E-state index is 0.605. The van der Waals surface area contributed by atoms with Crippen molar-refractivity contribution < 1.29 is 14.2 Å². The lowest BCUT2D eigenvalue weighted by molar-refractivity contribution is 0.327. The molecule has 3 heteroatoms. The summed E-state index contributed by atoms with van der Waals surface area (Å²) in [7, 11) is 4.83. The van der Waals surface area contributed by atoms with Crippen LogP contribution < -0.4 is 14.2 Å². The lowest BCUT2D eigenvalue weighted by atomic mass is 10.1. The maximum absolute atomic E-state index is 5.41. The van der Waals surface area contributed by atoms with E-state index in [4.69, 9.17) is 14.2 Å². The van der Waals surface area contributed by atoms with Crippen molar-refractivity contribution in [2.75, 3.05) is 21.3 Å². The van der Waals surface area contributed by atoms with Crippen LogP contribution in [0, 0.1) is 6.92 Å². The molecule has 0 aliphatic carbocycles. The second-order valence-electron chi connectivity index (χ2n) is 3.70. The summed E-state index contributed by atoms with van der Waals surface area (Å²) in [5.74, 6) is 1.94. The van der Waals surface area contributed by atoms with Gasteiger partial charge in [0.25, 0.3) is 0 Å². The lowest BCUT2D eigenvalue weighted by Gasteiger charge is -2.14. The summed E-state index contributed by atoms with van der Waals surface area (Å²) in [6.45, 7) is 3.92. The highest BCUT2D eigenvalue weighted by Crippen LogP contribution is 2.43. The molecule has 0 aliphatic rings. The first-order chi connectivity index (χ1) is 8.21. The maximum atomic E-state index is 5.41. The van der Waals surface area contributed by atoms with Crippen molar-refractivity contribution in [1.29, 1.82) is 0 Å². The Morgan fingerprint density at radius 2 is 1.59 bits per heavy atom. The number of benzene rings is 2. The molecule has 0 fully saturated rings. The van der Waals surface area contributed by atoms with Crippen molar-refractivity contribution in [3.63, 3.8) is 0 Å². The Balaban J connectivity index is 2.84. The van der Waals surface area contributed by atoms with Gasteiger partial charge in [0.15, 0.2) is 11.5 Å². The predicted molar refractivity (Wildman–Crippen MR) is 68.1 cm³/mol. The summed E-state index contributed by atoms with van der Waals surface area (Å²) in [6, 6.07) is 7.84. The zero-order valence-corrected chi connectivity index (χ0v) is 10.2. The molecule has 0 amide bonds. The van der Waals surface area contributed by atoms with Gasteiger partial charge in [-0.2, -0.15) is 0 Å². The molecule has 2 aromatic carbocycles. The Hall–Kier alpha value is -1.90. The quantitative estimate of drug-likeness (QED) is 0.812. The van der Waals surface area contributed by atoms with Gasteiger partial charge in [-0.1, -0.05) is 12.1 Å². The zero-order valence-electron chi connectivity index (χ0n) is 10.2. The molecular weight excluding hydrogens is 216 g/mol. The van der Waals surface area contributed by atoms with Gasteiger partial charge in [-0.25, -0.2) is 0 Å². The Labute approximate surface area is 101 Å². The molecular formula is C14H15O3. The fraction of sp³-hybridized carbons (Fsp3) is 0.214. The van der Waals surface area contributed by atoms with Gasteiger partial charge < -0.3 is 14.2 Å². The van der Waals surface area contributed by atoms with E-state index in [1.165, 1.54) is 0 Å². The van der Waals surface area contributed by atoms with E-state index in [2.05, 4.69) is 6.92 Å². The third-order valence-electron chi connectivity index (χ3n) is 2.71. The van der Waals surface area contributed by atoms with E-state index in [1.54, 1.807) is 21.3 Å². The minimum atomic E-state index is 0.605. The first kappa shape index (κ1) is 11.6. The van der Waals surface area contributed by atoms with Gasteiger partial charge in [0.2, 0.25) is 5.75 Å². The molecule has 1 radical (unpaired) electrons. The monoisotopic (exact) mass is 231 g/mol. The molecule has 0 aliphatic heterocycles. The van der Waals surface area contributed by atoms with E-state index in [-0.39, 0.29) is 0 Å². The van der Waals surface area contributed by atoms with E-state index in [9.17, 15) is 0 Å². The highest BCUT2D eigenvalue weighted by Gasteiger charge is 2.15. The lowest BCUT2D eigenvalue weighted by Crippen LogP contribution is -1.96. The van der Waals surface area contributed by atoms with E-state index in [0.29, 0.717) is 17.2 Å². The van der Waals surface area contributed by atoms with Crippen molar-refractivity contribution in [2.45, 2.75) is 0 Å². The Bertz CT molecular complexity index is 547. The van der Waals surface area contributed by atoms with Crippen molar-refractivity contribution >= 4 is 10.8 Å². The Morgan fingerprint density at radius 1 is 0.882 bits per heavy atom. The maximum Gasteiger partial charge on any atom is 0.203 e. The highest BCUT2D eigenvalue weighted by molar-refractivity contribution is 5.93. The van der Waals surface area contributed by atoms with Gasteiger partial charge in [-0.05, 0) is 30.0 Å². The van der Waals surface area contributed by atoms with Crippen molar-refractivity contribution in [2.24, 2.45) is 0 Å². The topological polar surface area (TPSA) is 27.7 Å². The van der Waals surface area contributed by atoms with Crippen molar-refractivity contribution in [1.82, 2.24) is 0 Å². The molecule has 3 nitrogen and oxygen atoms in total. The van der Waals surface area contributed by atoms with Gasteiger partial charge >= 0.3 is 0 Å². The SMILES string of the molecule is [CH2]c1ccc2cc(OC)c(OC)c(OC)c2c1. The Kier molecular flexibility index (Phi) is 3.09. The number of fused-ring (bicyclic) bond motifs is 1. The minimum Gasteiger partial charge on any atom is -0.493 e. The van der Waals surface area contributed by atoms with Gasteiger partial charge in [-0.3, -0.25) is 0 Å². The van der Waals surface area contributed by atoms with Gasteiger partial charge in [0.05, 0.1) is 21.3 Å². The first-order valence-corrected chi connectivity index (χ1v) is 5.26. The van der Waals surface area contributed by atoms with Crippen LogP contribution in [0.1, 0.15) is 5.56 Å². The van der Waals surface area contributed by atoms with Crippen LogP contribution in [0.25, 0.3) is 10.8 Å². The molecule has 0 atom stereocenters. The van der Waals surface area contributed by atoms with E-state index in [1.807, 2.05) is 24.3 Å². The second kappa shape index (κ2) is 4.53. The molecule has 0 bridgehead atoms. The van der Waals surface area contributed by atoms with Crippen LogP contribution in [-0.4, -0.2) is 21.3 Å². The van der Waals surface area contributed by atoms with Crippen LogP contribution in [0.4, 0.5) is 0 Å². The van der Waals surface area contributed by atoms with Crippen LogP contribution in [-0.2, 0) is 0 Å². The molecule has 0 heterocycles. The van der Waals surface area contributed by atoms with Gasteiger partial charge in [0.1, 0.15) is 0 Å². The molecule has 2 rings (SSSR count). The molecule has 0 unspecified atom stereocenters. The zero-order chi connectivity index (χ0) is 12.4. The fourth-order valence-corrected chi connectivity index (χ4v) is 1.91. The molecule has 0 saturated heterocycles. The van der Waals surface area contributed by atoms with Crippen molar-refractivity contribution in [3.05, 3.63) is 36.8 Å². The van der Waals surface area contributed by atoms with Crippen LogP contribution in [0.2, 0.25) is 0 Å². The number of hydrogen-bond acceptors (Lipinski definition) is 3. The molecule has 0 saturated carbocycles. The molecule has 2 aromatic rings. The third-order valence-corrected chi connectivity index (χ3v) is 2.71. The summed E-state index contributed by atoms with van der Waals surface area (Å²) in [5.41, 5.74) is 0.933. The molecule has 17 heavy (non-hydrogen) atoms. The molecule has 0 N–H and O–H groups in total. The summed E-state index contributed by atoms with van der Waals surface area (Å²) >= 11 is 0. The highest BCUT2D eigenvalue weighted by atomic mass is 16.5. The van der Waals surface area contributed by atoms with E-state index in [0.717, 1.165) is 16.3 Å². The predicted octanol–water partition coefficient (Wildman–Crippen LogP) is 3.05. The van der Waals surface area contributed by atoms with E-state index >= 15 is 0 Å². The van der Waals surface area contributed by atoms with Crippen molar-refractivity contribution in [3.8, 4) is 17.2 Å². The van der Waals surface area contributed by atoms with Gasteiger partial charge in [0, 0.05) is 5.39 Å². The standard InChI is InChI=1S/C14H15O3/c1-9-5-6-10-8-12(15-2)14(17-4)13(16-3)11(10)7-9/h5-8H,1H2,2-4H3. The summed E-state index contributed by atoms with van der Waals surface area (Å²) < 4.78 is 16.0. The smallest absolute Gasteiger partial charge is 0.203 e. The molecule has 0 spiro atoms. The largest absolute Gasteiger partial charge is 0.493 e. The van der Waals surface area contributed by atoms with Gasteiger partial charge in [-0.15, -0.1) is 0 Å². The van der Waals surface area contributed by atoms with E-state index < -0.39 is 0 Å². The summed E-state index contributed by atoms with van der Waals surface area (Å²) in [5, 5.41) is 2.00. The molecule has 0 aromatic heterocycles. The normalized spacial score (nSPS) is 10.4. The average Bonchev–Trinajstić information content (AvgIpc) is 2.36. The number of ether oxygens (including phenoxy) is 3. The second-order valence-corrected chi connectivity index (χ2v) is 3.70. The first-order valence-electron chi connectivity index (χ1n) is 5.26. The summed E-state index contributed by atoms with van der Waals surface area (Å²) in [6.07, 6.45) is 0. The third kappa shape index (κ3) is 1.88. The molecule has 89 valence electrons. The summed E-state index contributed by atoms with van der Waals surface area (Å²) in [4.78, 5) is 0. The van der Waals surface area contributed by atoms with Crippen LogP contribution in [0.3, 0.4) is 0 Å². The number of rotatable bonds is 3. The van der Waals surface area contributed by atoms with Crippen LogP contribution in [0.15, 0.2) is 24.3 Å².